The van der Waals surface area contributed by atoms with E-state index in [1.54, 1.807) is 12.1 Å². The molecule has 1 amide bonds. The van der Waals surface area contributed by atoms with Crippen molar-refractivity contribution in [1.29, 1.82) is 10.5 Å². The van der Waals surface area contributed by atoms with E-state index in [0.29, 0.717) is 66.1 Å². The molecule has 2 aliphatic heterocycles. The molecule has 0 bridgehead atoms. The summed E-state index contributed by atoms with van der Waals surface area (Å²) in [5.41, 5.74) is 2.13. The molecule has 2 atom stereocenters. The van der Waals surface area contributed by atoms with Crippen molar-refractivity contribution in [2.75, 3.05) is 41.8 Å². The Morgan fingerprint density at radius 3 is 2.65 bits per heavy atom. The lowest BCUT2D eigenvalue weighted by Crippen LogP contribution is -2.64. The quantitative estimate of drug-likeness (QED) is 0.268. The highest BCUT2D eigenvalue weighted by Crippen LogP contribution is 2.37. The first-order valence-corrected chi connectivity index (χ1v) is 13.3. The maximum Gasteiger partial charge on any atom is 0.404 e. The Hall–Kier alpha value is -4.37. The normalized spacial score (nSPS) is 20.8. The third kappa shape index (κ3) is 5.24. The van der Waals surface area contributed by atoms with Crippen LogP contribution in [0.1, 0.15) is 30.5 Å². The van der Waals surface area contributed by atoms with Crippen LogP contribution in [0.15, 0.2) is 18.3 Å². The Kier molecular flexibility index (Phi) is 6.89. The van der Waals surface area contributed by atoms with E-state index in [4.69, 9.17) is 16.3 Å². The minimum atomic E-state index is -1.07. The van der Waals surface area contributed by atoms with E-state index >= 15 is 0 Å². The van der Waals surface area contributed by atoms with E-state index in [1.165, 1.54) is 10.7 Å². The fourth-order valence-corrected chi connectivity index (χ4v) is 5.23. The largest absolute Gasteiger partial charge is 0.465 e. The fourth-order valence-electron chi connectivity index (χ4n) is 4.95. The Balaban J connectivity index is 1.31. The van der Waals surface area contributed by atoms with Crippen molar-refractivity contribution in [1.82, 2.24) is 30.2 Å². The topological polar surface area (TPSA) is 189 Å². The summed E-state index contributed by atoms with van der Waals surface area (Å²) in [6.07, 6.45) is 2.95. The summed E-state index contributed by atoms with van der Waals surface area (Å²) in [5.74, 6) is 0.679. The van der Waals surface area contributed by atoms with Gasteiger partial charge in [-0.3, -0.25) is 0 Å². The van der Waals surface area contributed by atoms with Gasteiger partial charge in [-0.2, -0.15) is 20.0 Å². The second-order valence-electron chi connectivity index (χ2n) is 10.1. The van der Waals surface area contributed by atoms with Crippen molar-refractivity contribution in [3.63, 3.8) is 0 Å². The zero-order valence-corrected chi connectivity index (χ0v) is 22.0. The van der Waals surface area contributed by atoms with E-state index in [0.717, 1.165) is 12.8 Å². The minimum absolute atomic E-state index is 0.146. The van der Waals surface area contributed by atoms with E-state index in [2.05, 4.69) is 48.5 Å². The molecule has 1 aliphatic carbocycles. The number of nitrogens with zero attached hydrogens (tertiary/aromatic N) is 7. The number of carbonyl (C=O) groups is 1. The lowest BCUT2D eigenvalue weighted by atomic mass is 9.97. The summed E-state index contributed by atoms with van der Waals surface area (Å²) in [5, 5.41) is 46.0. The predicted molar refractivity (Wildman–Crippen MR) is 145 cm³/mol. The molecule has 4 heterocycles. The lowest BCUT2D eigenvalue weighted by molar-refractivity contribution is -0.0123. The number of nitriles is 2. The molecule has 5 N–H and O–H groups in total. The molecular weight excluding hydrogens is 538 g/mol. The van der Waals surface area contributed by atoms with Gasteiger partial charge in [0.05, 0.1) is 59.5 Å². The molecule has 3 aromatic rings. The number of amides is 1. The van der Waals surface area contributed by atoms with Crippen LogP contribution in [-0.4, -0.2) is 81.3 Å². The highest BCUT2D eigenvalue weighted by atomic mass is 35.5. The number of carboxylic acid groups (broad SMARTS) is 1. The number of hydrogen-bond donors (Lipinski definition) is 5. The molecule has 1 aromatic carbocycles. The van der Waals surface area contributed by atoms with Crippen molar-refractivity contribution < 1.29 is 14.6 Å². The average molecular weight is 564 g/mol. The van der Waals surface area contributed by atoms with Gasteiger partial charge in [-0.05, 0) is 31.4 Å². The Morgan fingerprint density at radius 1 is 1.15 bits per heavy atom. The van der Waals surface area contributed by atoms with E-state index in [-0.39, 0.29) is 35.8 Å². The van der Waals surface area contributed by atoms with Gasteiger partial charge in [0.25, 0.3) is 0 Å². The fraction of sp³-hybridized carbons (Fsp3) is 0.440. The summed E-state index contributed by atoms with van der Waals surface area (Å²) < 4.78 is 6.70. The number of imidazole rings is 1. The van der Waals surface area contributed by atoms with Crippen LogP contribution in [0.5, 0.6) is 0 Å². The number of ether oxygens (including phenoxy) is 1. The molecule has 0 radical (unpaired) electrons. The second kappa shape index (κ2) is 10.7. The third-order valence-corrected chi connectivity index (χ3v) is 7.57. The third-order valence-electron chi connectivity index (χ3n) is 7.17. The van der Waals surface area contributed by atoms with Crippen LogP contribution in [0.3, 0.4) is 0 Å². The van der Waals surface area contributed by atoms with Crippen molar-refractivity contribution in [2.24, 2.45) is 0 Å². The number of aromatic nitrogens is 4. The van der Waals surface area contributed by atoms with Crippen molar-refractivity contribution in [3.8, 4) is 12.1 Å². The molecule has 6 rings (SSSR count). The van der Waals surface area contributed by atoms with Crippen LogP contribution in [-0.2, 0) is 4.74 Å². The highest BCUT2D eigenvalue weighted by molar-refractivity contribution is 6.36. The van der Waals surface area contributed by atoms with Gasteiger partial charge < -0.3 is 36.0 Å². The van der Waals surface area contributed by atoms with Crippen LogP contribution in [0.2, 0.25) is 5.02 Å². The standard InChI is InChI=1S/C25H26ClN11O3/c26-21-18(32-24-34-22(31-14-1-2-14)23-29-9-16(8-28)37(23)35-24)5-13(7-27)6-20(21)36-4-3-17(33-25(38)39)19(10-36)30-15-11-40-12-15/h5-6,9,14-15,17,19,30,33H,1-4,10-12H2,(H,38,39)(H2,31,32,34,35)/t17-,19-/m0/s1. The lowest BCUT2D eigenvalue weighted by Gasteiger charge is -2.43. The number of halogens is 1. The van der Waals surface area contributed by atoms with E-state index < -0.39 is 6.09 Å². The van der Waals surface area contributed by atoms with E-state index in [9.17, 15) is 20.4 Å². The number of rotatable bonds is 8. The molecule has 40 heavy (non-hydrogen) atoms. The van der Waals surface area contributed by atoms with Crippen LogP contribution in [0.4, 0.5) is 27.9 Å². The van der Waals surface area contributed by atoms with Crippen LogP contribution in [0, 0.1) is 22.7 Å². The molecule has 2 saturated heterocycles. The van der Waals surface area contributed by atoms with Crippen molar-refractivity contribution in [3.05, 3.63) is 34.6 Å². The maximum absolute atomic E-state index is 11.4. The van der Waals surface area contributed by atoms with E-state index in [1.807, 2.05) is 4.90 Å². The first kappa shape index (κ1) is 25.9. The van der Waals surface area contributed by atoms with Gasteiger partial charge in [0.1, 0.15) is 6.07 Å². The Morgan fingerprint density at radius 2 is 1.98 bits per heavy atom. The molecule has 0 spiro atoms. The molecule has 2 aromatic heterocycles. The maximum atomic E-state index is 11.4. The molecule has 15 heteroatoms. The van der Waals surface area contributed by atoms with Crippen LogP contribution < -0.4 is 26.2 Å². The van der Waals surface area contributed by atoms with Gasteiger partial charge in [0.2, 0.25) is 5.95 Å². The predicted octanol–water partition coefficient (Wildman–Crippen LogP) is 2.04. The molecule has 3 aliphatic rings. The number of nitrogens with one attached hydrogen (secondary N) is 4. The monoisotopic (exact) mass is 563 g/mol. The average Bonchev–Trinajstić information content (AvgIpc) is 3.63. The van der Waals surface area contributed by atoms with Gasteiger partial charge in [0, 0.05) is 25.2 Å². The van der Waals surface area contributed by atoms with Gasteiger partial charge in [-0.1, -0.05) is 11.6 Å². The summed E-state index contributed by atoms with van der Waals surface area (Å²) in [6.45, 7) is 2.13. The summed E-state index contributed by atoms with van der Waals surface area (Å²) in [7, 11) is 0. The number of piperidine rings is 1. The van der Waals surface area contributed by atoms with Crippen molar-refractivity contribution >= 4 is 46.5 Å². The summed E-state index contributed by atoms with van der Waals surface area (Å²) in [4.78, 5) is 22.3. The zero-order valence-electron chi connectivity index (χ0n) is 21.3. The first-order valence-electron chi connectivity index (χ1n) is 12.9. The van der Waals surface area contributed by atoms with Crippen LogP contribution >= 0.6 is 11.6 Å². The highest BCUT2D eigenvalue weighted by Gasteiger charge is 2.34. The molecule has 14 nitrogen and oxygen atoms in total. The van der Waals surface area contributed by atoms with Crippen LogP contribution in [0.25, 0.3) is 5.65 Å². The molecular formula is C25H26ClN11O3. The molecule has 206 valence electrons. The van der Waals surface area contributed by atoms with Gasteiger partial charge >= 0.3 is 6.09 Å². The summed E-state index contributed by atoms with van der Waals surface area (Å²) >= 11 is 6.92. The first-order chi connectivity index (χ1) is 19.4. The van der Waals surface area contributed by atoms with Gasteiger partial charge in [-0.15, -0.1) is 5.10 Å². The number of hydrogen-bond acceptors (Lipinski definition) is 11. The molecule has 1 saturated carbocycles. The second-order valence-corrected chi connectivity index (χ2v) is 10.5. The Bertz CT molecular complexity index is 1540. The van der Waals surface area contributed by atoms with Gasteiger partial charge in [-0.25, -0.2) is 9.78 Å². The number of fused-ring (bicyclic) bond motifs is 1. The Labute approximate surface area is 233 Å². The zero-order chi connectivity index (χ0) is 27.8. The minimum Gasteiger partial charge on any atom is -0.465 e. The number of anilines is 4. The van der Waals surface area contributed by atoms with Crippen molar-refractivity contribution in [2.45, 2.75) is 43.4 Å². The number of benzene rings is 1. The smallest absolute Gasteiger partial charge is 0.404 e. The molecule has 0 unspecified atom stereocenters. The summed E-state index contributed by atoms with van der Waals surface area (Å²) in [6, 6.07) is 7.57. The molecule has 3 fully saturated rings. The SMILES string of the molecule is N#Cc1cc(Nc2nc(NC3CC3)c3ncc(C#N)n3n2)c(Cl)c(N2CC[C@H](NC(=O)O)[C@@H](NC3COC3)C2)c1. The van der Waals surface area contributed by atoms with Gasteiger partial charge in [0.15, 0.2) is 17.2 Å².